The molecule has 1 aromatic carbocycles. The van der Waals surface area contributed by atoms with Crippen LogP contribution < -0.4 is 10.6 Å². The highest BCUT2D eigenvalue weighted by atomic mass is 35.5. The standard InChI is InChI=1S/C17H26ClN3O/c1-3-10-21(15-6-8-19-9-7-15)12-17(22)20-14-5-4-13(2)16(18)11-14/h4-5,11,15,19H,3,6-10,12H2,1-2H3,(H,20,22). The number of hydrogen-bond acceptors (Lipinski definition) is 3. The molecule has 122 valence electrons. The fourth-order valence-electron chi connectivity index (χ4n) is 2.91. The Balaban J connectivity index is 1.93. The maximum Gasteiger partial charge on any atom is 0.238 e. The van der Waals surface area contributed by atoms with Crippen molar-refractivity contribution in [2.45, 2.75) is 39.2 Å². The maximum atomic E-state index is 12.3. The number of aryl methyl sites for hydroxylation is 1. The highest BCUT2D eigenvalue weighted by Crippen LogP contribution is 2.20. The zero-order valence-electron chi connectivity index (χ0n) is 13.5. The van der Waals surface area contributed by atoms with Gasteiger partial charge in [-0.1, -0.05) is 24.6 Å². The minimum Gasteiger partial charge on any atom is -0.325 e. The Hall–Kier alpha value is -1.10. The summed E-state index contributed by atoms with van der Waals surface area (Å²) < 4.78 is 0. The van der Waals surface area contributed by atoms with Crippen molar-refractivity contribution >= 4 is 23.2 Å². The number of piperidine rings is 1. The largest absolute Gasteiger partial charge is 0.325 e. The minimum absolute atomic E-state index is 0.0342. The molecule has 0 atom stereocenters. The molecule has 2 rings (SSSR count). The summed E-state index contributed by atoms with van der Waals surface area (Å²) >= 11 is 6.11. The van der Waals surface area contributed by atoms with Crippen LogP contribution in [0.25, 0.3) is 0 Å². The van der Waals surface area contributed by atoms with Crippen LogP contribution in [0.4, 0.5) is 5.69 Å². The molecule has 1 aliphatic heterocycles. The van der Waals surface area contributed by atoms with E-state index in [0.29, 0.717) is 17.6 Å². The lowest BCUT2D eigenvalue weighted by Crippen LogP contribution is -2.46. The molecule has 0 saturated carbocycles. The summed E-state index contributed by atoms with van der Waals surface area (Å²) in [6, 6.07) is 6.14. The number of benzene rings is 1. The van der Waals surface area contributed by atoms with Gasteiger partial charge in [-0.25, -0.2) is 0 Å². The van der Waals surface area contributed by atoms with E-state index in [-0.39, 0.29) is 5.91 Å². The molecule has 0 aromatic heterocycles. The van der Waals surface area contributed by atoms with Gasteiger partial charge in [-0.2, -0.15) is 0 Å². The molecule has 1 saturated heterocycles. The Labute approximate surface area is 138 Å². The maximum absolute atomic E-state index is 12.3. The monoisotopic (exact) mass is 323 g/mol. The summed E-state index contributed by atoms with van der Waals surface area (Å²) in [6.45, 7) is 7.61. The van der Waals surface area contributed by atoms with E-state index < -0.39 is 0 Å². The Kier molecular flexibility index (Phi) is 6.68. The molecule has 2 N–H and O–H groups in total. The average molecular weight is 324 g/mol. The average Bonchev–Trinajstić information content (AvgIpc) is 2.51. The molecule has 0 bridgehead atoms. The molecule has 1 heterocycles. The summed E-state index contributed by atoms with van der Waals surface area (Å²) in [5.41, 5.74) is 1.78. The zero-order valence-corrected chi connectivity index (χ0v) is 14.2. The van der Waals surface area contributed by atoms with Crippen LogP contribution in [0.2, 0.25) is 5.02 Å². The van der Waals surface area contributed by atoms with Gasteiger partial charge in [-0.05, 0) is 63.5 Å². The van der Waals surface area contributed by atoms with Gasteiger partial charge in [0.25, 0.3) is 0 Å². The fraction of sp³-hybridized carbons (Fsp3) is 0.588. The SMILES string of the molecule is CCCN(CC(=O)Nc1ccc(C)c(Cl)c1)C1CCNCC1. The first kappa shape index (κ1) is 17.3. The van der Waals surface area contributed by atoms with Crippen molar-refractivity contribution in [2.75, 3.05) is 31.5 Å². The summed E-state index contributed by atoms with van der Waals surface area (Å²) in [5.74, 6) is 0.0342. The molecular weight excluding hydrogens is 298 g/mol. The smallest absolute Gasteiger partial charge is 0.238 e. The summed E-state index contributed by atoms with van der Waals surface area (Å²) in [4.78, 5) is 14.6. The van der Waals surface area contributed by atoms with E-state index in [1.807, 2.05) is 25.1 Å². The van der Waals surface area contributed by atoms with Crippen molar-refractivity contribution in [3.63, 3.8) is 0 Å². The van der Waals surface area contributed by atoms with Gasteiger partial charge in [0.1, 0.15) is 0 Å². The van der Waals surface area contributed by atoms with Gasteiger partial charge in [0.2, 0.25) is 5.91 Å². The van der Waals surface area contributed by atoms with Crippen molar-refractivity contribution in [3.8, 4) is 0 Å². The van der Waals surface area contributed by atoms with Crippen LogP contribution >= 0.6 is 11.6 Å². The fourth-order valence-corrected chi connectivity index (χ4v) is 3.09. The number of anilines is 1. The van der Waals surface area contributed by atoms with Crippen LogP contribution in [0.3, 0.4) is 0 Å². The van der Waals surface area contributed by atoms with E-state index in [2.05, 4.69) is 22.5 Å². The van der Waals surface area contributed by atoms with Crippen LogP contribution in [0.15, 0.2) is 18.2 Å². The topological polar surface area (TPSA) is 44.4 Å². The Morgan fingerprint density at radius 1 is 1.41 bits per heavy atom. The van der Waals surface area contributed by atoms with Crippen LogP contribution in [0.1, 0.15) is 31.7 Å². The number of hydrogen-bond donors (Lipinski definition) is 2. The van der Waals surface area contributed by atoms with Crippen molar-refractivity contribution in [1.82, 2.24) is 10.2 Å². The number of amides is 1. The lowest BCUT2D eigenvalue weighted by atomic mass is 10.0. The van der Waals surface area contributed by atoms with Gasteiger partial charge < -0.3 is 10.6 Å². The van der Waals surface area contributed by atoms with Crippen molar-refractivity contribution < 1.29 is 4.79 Å². The first-order chi connectivity index (χ1) is 10.6. The molecule has 5 heteroatoms. The predicted octanol–water partition coefficient (Wildman–Crippen LogP) is 3.05. The van der Waals surface area contributed by atoms with Gasteiger partial charge in [0, 0.05) is 16.8 Å². The minimum atomic E-state index is 0.0342. The summed E-state index contributed by atoms with van der Waals surface area (Å²) in [7, 11) is 0. The van der Waals surface area contributed by atoms with E-state index in [0.717, 1.165) is 50.1 Å². The first-order valence-corrected chi connectivity index (χ1v) is 8.48. The van der Waals surface area contributed by atoms with Crippen molar-refractivity contribution in [3.05, 3.63) is 28.8 Å². The van der Waals surface area contributed by atoms with Crippen molar-refractivity contribution in [1.29, 1.82) is 0 Å². The Bertz CT molecular complexity index is 501. The summed E-state index contributed by atoms with van der Waals surface area (Å²) in [6.07, 6.45) is 3.29. The molecule has 0 spiro atoms. The van der Waals surface area contributed by atoms with Crippen LogP contribution in [-0.2, 0) is 4.79 Å². The number of rotatable bonds is 6. The molecule has 0 aliphatic carbocycles. The van der Waals surface area contributed by atoms with Crippen LogP contribution in [0.5, 0.6) is 0 Å². The second-order valence-electron chi connectivity index (χ2n) is 5.96. The lowest BCUT2D eigenvalue weighted by Gasteiger charge is -2.34. The quantitative estimate of drug-likeness (QED) is 0.845. The first-order valence-electron chi connectivity index (χ1n) is 8.11. The van der Waals surface area contributed by atoms with E-state index in [1.165, 1.54) is 0 Å². The normalized spacial score (nSPS) is 16.0. The predicted molar refractivity (Wildman–Crippen MR) is 92.6 cm³/mol. The molecule has 0 unspecified atom stereocenters. The van der Waals surface area contributed by atoms with Crippen LogP contribution in [-0.4, -0.2) is 43.0 Å². The molecular formula is C17H26ClN3O. The molecule has 4 nitrogen and oxygen atoms in total. The number of nitrogens with one attached hydrogen (secondary N) is 2. The molecule has 1 aromatic rings. The summed E-state index contributed by atoms with van der Waals surface area (Å²) in [5, 5.41) is 7.01. The van der Waals surface area contributed by atoms with Crippen LogP contribution in [0, 0.1) is 6.92 Å². The Morgan fingerprint density at radius 2 is 2.14 bits per heavy atom. The third-order valence-corrected chi connectivity index (χ3v) is 4.55. The second-order valence-corrected chi connectivity index (χ2v) is 6.37. The number of carbonyl (C=O) groups excluding carboxylic acids is 1. The number of nitrogens with zero attached hydrogens (tertiary/aromatic N) is 1. The molecule has 22 heavy (non-hydrogen) atoms. The third-order valence-electron chi connectivity index (χ3n) is 4.14. The Morgan fingerprint density at radius 3 is 2.77 bits per heavy atom. The molecule has 1 aliphatic rings. The van der Waals surface area contributed by atoms with Gasteiger partial charge in [0.15, 0.2) is 0 Å². The number of halogens is 1. The van der Waals surface area contributed by atoms with Gasteiger partial charge in [-0.15, -0.1) is 0 Å². The highest BCUT2D eigenvalue weighted by molar-refractivity contribution is 6.31. The number of carbonyl (C=O) groups is 1. The van der Waals surface area contributed by atoms with Gasteiger partial charge >= 0.3 is 0 Å². The lowest BCUT2D eigenvalue weighted by molar-refractivity contribution is -0.118. The second kappa shape index (κ2) is 8.51. The zero-order chi connectivity index (χ0) is 15.9. The third kappa shape index (κ3) is 4.97. The van der Waals surface area contributed by atoms with E-state index in [4.69, 9.17) is 11.6 Å². The van der Waals surface area contributed by atoms with E-state index in [1.54, 1.807) is 0 Å². The molecule has 1 fully saturated rings. The van der Waals surface area contributed by atoms with E-state index in [9.17, 15) is 4.79 Å². The van der Waals surface area contributed by atoms with E-state index >= 15 is 0 Å². The van der Waals surface area contributed by atoms with Gasteiger partial charge in [0.05, 0.1) is 6.54 Å². The highest BCUT2D eigenvalue weighted by Gasteiger charge is 2.22. The van der Waals surface area contributed by atoms with Crippen molar-refractivity contribution in [2.24, 2.45) is 0 Å². The van der Waals surface area contributed by atoms with Gasteiger partial charge in [-0.3, -0.25) is 9.69 Å². The molecule has 0 radical (unpaired) electrons. The molecule has 1 amide bonds.